The summed E-state index contributed by atoms with van der Waals surface area (Å²) in [5.74, 6) is 0. The zero-order valence-electron chi connectivity index (χ0n) is 2.51. The van der Waals surface area contributed by atoms with Crippen molar-refractivity contribution in [1.29, 1.82) is 0 Å². The van der Waals surface area contributed by atoms with Crippen molar-refractivity contribution in [2.24, 2.45) is 0 Å². The van der Waals surface area contributed by atoms with E-state index in [0.717, 1.165) is 0 Å². The molecule has 0 aromatic carbocycles. The summed E-state index contributed by atoms with van der Waals surface area (Å²) in [4.78, 5) is 0. The SMILES string of the molecule is [Cs+].[Eu+2].[F-].[F-].[F-]. The molecule has 0 bridgehead atoms. The summed E-state index contributed by atoms with van der Waals surface area (Å²) in [5, 5.41) is 0. The molecule has 5 heavy (non-hydrogen) atoms. The first-order valence-corrected chi connectivity index (χ1v) is 0. The van der Waals surface area contributed by atoms with E-state index < -0.39 is 0 Å². The quantitative estimate of drug-likeness (QED) is 0.410. The molecule has 0 unspecified atom stereocenters. The Morgan fingerprint density at radius 1 is 0.600 bits per heavy atom. The summed E-state index contributed by atoms with van der Waals surface area (Å²) in [7, 11) is 0. The van der Waals surface area contributed by atoms with E-state index in [-0.39, 0.29) is 132 Å². The van der Waals surface area contributed by atoms with Crippen molar-refractivity contribution in [2.45, 2.75) is 0 Å². The van der Waals surface area contributed by atoms with Crippen molar-refractivity contribution >= 4 is 0 Å². The van der Waals surface area contributed by atoms with Crippen LogP contribution in [0.5, 0.6) is 0 Å². The maximum Gasteiger partial charge on any atom is 2.00 e. The summed E-state index contributed by atoms with van der Waals surface area (Å²) >= 11 is 0. The minimum absolute atomic E-state index is 0. The minimum atomic E-state index is 0. The van der Waals surface area contributed by atoms with Crippen LogP contribution in [0.4, 0.5) is 0 Å². The monoisotopic (exact) mass is 343 g/mol. The smallest absolute Gasteiger partial charge is 1.00 e. The van der Waals surface area contributed by atoms with Crippen LogP contribution < -0.4 is 83.0 Å². The van der Waals surface area contributed by atoms with Crippen LogP contribution in [0.2, 0.25) is 0 Å². The molecule has 0 N–H and O–H groups in total. The third kappa shape index (κ3) is 18.6. The van der Waals surface area contributed by atoms with Gasteiger partial charge in [0, 0.05) is 0 Å². The molecule has 0 amide bonds. The Morgan fingerprint density at radius 3 is 0.600 bits per heavy atom. The van der Waals surface area contributed by atoms with E-state index in [9.17, 15) is 0 Å². The predicted molar refractivity (Wildman–Crippen MR) is 0 cm³/mol. The van der Waals surface area contributed by atoms with Gasteiger partial charge in [0.25, 0.3) is 0 Å². The third-order valence-corrected chi connectivity index (χ3v) is 0. The van der Waals surface area contributed by atoms with Gasteiger partial charge in [0.1, 0.15) is 0 Å². The number of halogens is 3. The minimum Gasteiger partial charge on any atom is -1.00 e. The molecule has 0 fully saturated rings. The maximum atomic E-state index is 0. The first kappa shape index (κ1) is 39.6. The van der Waals surface area contributed by atoms with E-state index in [4.69, 9.17) is 0 Å². The largest absolute Gasteiger partial charge is 2.00 e. The molecule has 0 saturated carbocycles. The topological polar surface area (TPSA) is 0 Å². The zero-order chi connectivity index (χ0) is 0. The molecule has 5 heteroatoms. The first-order chi connectivity index (χ1) is 0. The van der Waals surface area contributed by atoms with E-state index in [0.29, 0.717) is 0 Å². The second-order valence-electron chi connectivity index (χ2n) is 0. The van der Waals surface area contributed by atoms with E-state index in [2.05, 4.69) is 0 Å². The van der Waals surface area contributed by atoms with Crippen LogP contribution in [-0.2, 0) is 0 Å². The Bertz CT molecular complexity index is 6.85. The van der Waals surface area contributed by atoms with E-state index in [1.165, 1.54) is 0 Å². The Labute approximate surface area is 128 Å². The van der Waals surface area contributed by atoms with Crippen LogP contribution in [0.3, 0.4) is 0 Å². The molecular formula is CsEuF3. The van der Waals surface area contributed by atoms with Gasteiger partial charge in [-0.25, -0.2) is 0 Å². The van der Waals surface area contributed by atoms with Crippen molar-refractivity contribution in [3.63, 3.8) is 0 Å². The van der Waals surface area contributed by atoms with Crippen LogP contribution in [0.15, 0.2) is 0 Å². The number of hydrogen-bond donors (Lipinski definition) is 0. The molecule has 0 saturated heterocycles. The Balaban J connectivity index is 0. The zero-order valence-corrected chi connectivity index (χ0v) is 11.2. The third-order valence-electron chi connectivity index (χ3n) is 0. The van der Waals surface area contributed by atoms with Gasteiger partial charge < -0.3 is 14.1 Å². The molecule has 29 valence electrons. The van der Waals surface area contributed by atoms with Crippen LogP contribution in [0, 0.1) is 49.4 Å². The average molecular weight is 342 g/mol. The van der Waals surface area contributed by atoms with Gasteiger partial charge in [0.05, 0.1) is 0 Å². The average Bonchev–Trinajstić information content (AvgIpc) is 0. The van der Waals surface area contributed by atoms with Gasteiger partial charge in [0.15, 0.2) is 0 Å². The summed E-state index contributed by atoms with van der Waals surface area (Å²) in [6.07, 6.45) is 0. The molecule has 0 heterocycles. The fourth-order valence-electron chi connectivity index (χ4n) is 0. The molecule has 0 nitrogen and oxygen atoms in total. The van der Waals surface area contributed by atoms with Crippen molar-refractivity contribution in [2.75, 3.05) is 0 Å². The normalized spacial score (nSPS) is 0. The van der Waals surface area contributed by atoms with E-state index >= 15 is 0 Å². The summed E-state index contributed by atoms with van der Waals surface area (Å²) < 4.78 is 0. The molecule has 0 rings (SSSR count). The Hall–Kier alpha value is 3.43. The van der Waals surface area contributed by atoms with Crippen LogP contribution in [0.25, 0.3) is 0 Å². The van der Waals surface area contributed by atoms with E-state index in [1.54, 1.807) is 0 Å². The van der Waals surface area contributed by atoms with Gasteiger partial charge in [-0.15, -0.1) is 0 Å². The molecule has 1 radical (unpaired) electrons. The van der Waals surface area contributed by atoms with Crippen molar-refractivity contribution in [3.8, 4) is 0 Å². The second kappa shape index (κ2) is 26.1. The van der Waals surface area contributed by atoms with Crippen LogP contribution >= 0.6 is 0 Å². The molecular weight excluding hydrogens is 342 g/mol. The van der Waals surface area contributed by atoms with Crippen LogP contribution in [-0.4, -0.2) is 0 Å². The Kier molecular flexibility index (Phi) is 207. The fraction of sp³-hybridized carbons (Fsp3) is 0. The Morgan fingerprint density at radius 2 is 0.600 bits per heavy atom. The van der Waals surface area contributed by atoms with Crippen LogP contribution in [0.1, 0.15) is 0 Å². The van der Waals surface area contributed by atoms with Crippen molar-refractivity contribution in [1.82, 2.24) is 0 Å². The van der Waals surface area contributed by atoms with Gasteiger partial charge in [0.2, 0.25) is 0 Å². The molecule has 0 atom stereocenters. The maximum absolute atomic E-state index is 0. The standard InChI is InChI=1S/Cs.Eu.3FH/h;;3*1H/q+1;+2;;;/p-3. The molecule has 0 aliphatic heterocycles. The molecule has 0 aliphatic carbocycles. The van der Waals surface area contributed by atoms with Gasteiger partial charge in [-0.05, 0) is 0 Å². The van der Waals surface area contributed by atoms with Gasteiger partial charge in [-0.3, -0.25) is 0 Å². The number of hydrogen-bond acceptors (Lipinski definition) is 0. The van der Waals surface area contributed by atoms with Gasteiger partial charge >= 0.3 is 118 Å². The van der Waals surface area contributed by atoms with Crippen molar-refractivity contribution in [3.05, 3.63) is 0 Å². The number of rotatable bonds is 0. The molecule has 0 aromatic rings. The summed E-state index contributed by atoms with van der Waals surface area (Å²) in [6.45, 7) is 0. The van der Waals surface area contributed by atoms with Gasteiger partial charge in [-0.1, -0.05) is 0 Å². The summed E-state index contributed by atoms with van der Waals surface area (Å²) in [6, 6.07) is 0. The molecule has 0 aliphatic rings. The first-order valence-electron chi connectivity index (χ1n) is 0. The summed E-state index contributed by atoms with van der Waals surface area (Å²) in [5.41, 5.74) is 0. The molecule has 0 aromatic heterocycles. The van der Waals surface area contributed by atoms with Crippen molar-refractivity contribution < 1.29 is 132 Å². The fourth-order valence-corrected chi connectivity index (χ4v) is 0. The second-order valence-corrected chi connectivity index (χ2v) is 0. The predicted octanol–water partition coefficient (Wildman–Crippen LogP) is -12.0. The molecule has 0 spiro atoms. The van der Waals surface area contributed by atoms with E-state index in [1.807, 2.05) is 0 Å². The van der Waals surface area contributed by atoms with Gasteiger partial charge in [-0.2, -0.15) is 0 Å².